The molecule has 27 heavy (non-hydrogen) atoms. The molecule has 6 nitrogen and oxygen atoms in total. The Kier molecular flexibility index (Phi) is 3.25. The molecular weight excluding hydrogens is 414 g/mol. The summed E-state index contributed by atoms with van der Waals surface area (Å²) in [5.41, 5.74) is 2.46. The summed E-state index contributed by atoms with van der Waals surface area (Å²) in [5.74, 6) is 2.01. The molecule has 0 unspecified atom stereocenters. The molecule has 0 radical (unpaired) electrons. The van der Waals surface area contributed by atoms with Crippen LogP contribution in [0, 0.1) is 5.92 Å². The Bertz CT molecular complexity index is 859. The molecule has 3 fully saturated rings. The highest BCUT2D eigenvalue weighted by Gasteiger charge is 2.72. The molecule has 3 heterocycles. The van der Waals surface area contributed by atoms with Crippen molar-refractivity contribution in [2.24, 2.45) is 5.92 Å². The molecule has 1 saturated carbocycles. The summed E-state index contributed by atoms with van der Waals surface area (Å²) in [6.07, 6.45) is 2.92. The van der Waals surface area contributed by atoms with Crippen molar-refractivity contribution in [1.82, 2.24) is 4.90 Å². The first kappa shape index (κ1) is 16.5. The van der Waals surface area contributed by atoms with Crippen molar-refractivity contribution < 1.29 is 23.7 Å². The van der Waals surface area contributed by atoms with Gasteiger partial charge >= 0.3 is 6.09 Å². The Hall–Kier alpha value is -1.47. The number of amides is 1. The summed E-state index contributed by atoms with van der Waals surface area (Å²) in [4.78, 5) is 14.6. The van der Waals surface area contributed by atoms with Gasteiger partial charge in [-0.15, -0.1) is 0 Å². The number of epoxide rings is 1. The second kappa shape index (κ2) is 5.32. The molecule has 7 heteroatoms. The molecule has 0 N–H and O–H groups in total. The fourth-order valence-corrected chi connectivity index (χ4v) is 6.92. The molecule has 1 aromatic carbocycles. The topological polar surface area (TPSA) is 60.5 Å². The molecule has 2 bridgehead atoms. The molecule has 2 aliphatic carbocycles. The number of hydrogen-bond donors (Lipinski definition) is 0. The summed E-state index contributed by atoms with van der Waals surface area (Å²) in [7, 11) is 1.69. The van der Waals surface area contributed by atoms with Crippen LogP contribution in [0.5, 0.6) is 11.5 Å². The lowest BCUT2D eigenvalue weighted by Gasteiger charge is -2.56. The monoisotopic (exact) mass is 435 g/mol. The standard InChI is InChI=1S/C20H22BrNO5/c1-3-25-19(23)22-5-4-20-10-7-14-17(26-14)18(20)27-16-13(24-2)8-11(21)9(15(16)20)6-12(10)22/h8,10,12,14,17-18H,3-7H2,1-2H3/t10-,12+,14-,17-,18-,20-/m0/s1. The van der Waals surface area contributed by atoms with Crippen LogP contribution in [0.3, 0.4) is 0 Å². The van der Waals surface area contributed by atoms with Gasteiger partial charge in [0.05, 0.1) is 19.8 Å². The second-order valence-electron chi connectivity index (χ2n) is 8.22. The van der Waals surface area contributed by atoms with Gasteiger partial charge in [0.15, 0.2) is 11.5 Å². The quantitative estimate of drug-likeness (QED) is 0.668. The first-order valence-corrected chi connectivity index (χ1v) is 10.5. The van der Waals surface area contributed by atoms with Gasteiger partial charge in [-0.1, -0.05) is 15.9 Å². The van der Waals surface area contributed by atoms with Crippen LogP contribution in [0.15, 0.2) is 10.5 Å². The Morgan fingerprint density at radius 3 is 3.11 bits per heavy atom. The van der Waals surface area contributed by atoms with Gasteiger partial charge in [0, 0.05) is 28.0 Å². The van der Waals surface area contributed by atoms with E-state index in [1.165, 1.54) is 11.1 Å². The minimum Gasteiger partial charge on any atom is -0.493 e. The maximum atomic E-state index is 12.7. The van der Waals surface area contributed by atoms with Crippen molar-refractivity contribution in [2.75, 3.05) is 20.3 Å². The lowest BCUT2D eigenvalue weighted by Crippen LogP contribution is -2.66. The maximum absolute atomic E-state index is 12.7. The van der Waals surface area contributed by atoms with Gasteiger partial charge in [0.25, 0.3) is 0 Å². The SMILES string of the molecule is CCOC(=O)N1CC[C@]23c4c5c(Br)cc(OC)c4O[C@H]2[C@H]2O[C@H]2C[C@H]3[C@H]1C5. The summed E-state index contributed by atoms with van der Waals surface area (Å²) in [6, 6.07) is 2.12. The molecule has 3 aliphatic heterocycles. The predicted octanol–water partition coefficient (Wildman–Crippen LogP) is 3.03. The van der Waals surface area contributed by atoms with Crippen LogP contribution in [0.1, 0.15) is 30.9 Å². The highest BCUT2D eigenvalue weighted by Crippen LogP contribution is 2.67. The molecule has 2 saturated heterocycles. The Labute approximate surface area is 166 Å². The van der Waals surface area contributed by atoms with Crippen LogP contribution >= 0.6 is 15.9 Å². The smallest absolute Gasteiger partial charge is 0.410 e. The van der Waals surface area contributed by atoms with Crippen LogP contribution < -0.4 is 9.47 Å². The number of ether oxygens (including phenoxy) is 4. The number of fused-ring (bicyclic) bond motifs is 2. The highest BCUT2D eigenvalue weighted by molar-refractivity contribution is 9.10. The van der Waals surface area contributed by atoms with E-state index < -0.39 is 0 Å². The number of likely N-dealkylation sites (tertiary alicyclic amines) is 1. The van der Waals surface area contributed by atoms with Gasteiger partial charge in [-0.05, 0) is 43.7 Å². The zero-order valence-electron chi connectivity index (χ0n) is 15.4. The van der Waals surface area contributed by atoms with Gasteiger partial charge in [-0.25, -0.2) is 4.79 Å². The lowest BCUT2D eigenvalue weighted by molar-refractivity contribution is -0.0389. The molecule has 1 amide bonds. The zero-order valence-corrected chi connectivity index (χ0v) is 17.0. The van der Waals surface area contributed by atoms with Crippen LogP contribution in [-0.2, 0) is 21.3 Å². The van der Waals surface area contributed by atoms with E-state index >= 15 is 0 Å². The van der Waals surface area contributed by atoms with Crippen molar-refractivity contribution in [3.63, 3.8) is 0 Å². The number of carbonyl (C=O) groups excluding carboxylic acids is 1. The van der Waals surface area contributed by atoms with E-state index in [4.69, 9.17) is 18.9 Å². The molecule has 6 rings (SSSR count). The average molecular weight is 436 g/mol. The first-order chi connectivity index (χ1) is 13.1. The van der Waals surface area contributed by atoms with Gasteiger partial charge in [0.2, 0.25) is 0 Å². The summed E-state index contributed by atoms with van der Waals surface area (Å²) in [6.45, 7) is 2.96. The lowest BCUT2D eigenvalue weighted by atomic mass is 9.52. The number of halogens is 1. The van der Waals surface area contributed by atoms with Gasteiger partial charge < -0.3 is 23.8 Å². The number of methoxy groups -OCH3 is 1. The van der Waals surface area contributed by atoms with E-state index in [9.17, 15) is 4.79 Å². The number of carbonyl (C=O) groups is 1. The van der Waals surface area contributed by atoms with Crippen molar-refractivity contribution >= 4 is 22.0 Å². The van der Waals surface area contributed by atoms with Gasteiger partial charge in [-0.2, -0.15) is 0 Å². The van der Waals surface area contributed by atoms with E-state index in [0.29, 0.717) is 19.1 Å². The summed E-state index contributed by atoms with van der Waals surface area (Å²) in [5, 5.41) is 0. The van der Waals surface area contributed by atoms with Gasteiger partial charge in [-0.3, -0.25) is 0 Å². The first-order valence-electron chi connectivity index (χ1n) is 9.75. The molecule has 1 spiro atoms. The third-order valence-corrected chi connectivity index (χ3v) is 8.06. The van der Waals surface area contributed by atoms with Gasteiger partial charge in [0.1, 0.15) is 12.2 Å². The zero-order chi connectivity index (χ0) is 18.5. The average Bonchev–Trinajstić information content (AvgIpc) is 3.34. The number of benzene rings is 1. The number of nitrogens with zero attached hydrogens (tertiary/aromatic N) is 1. The summed E-state index contributed by atoms with van der Waals surface area (Å²) < 4.78 is 24.6. The Morgan fingerprint density at radius 1 is 1.48 bits per heavy atom. The van der Waals surface area contributed by atoms with E-state index in [0.717, 1.165) is 35.2 Å². The Balaban J connectivity index is 1.55. The fourth-order valence-electron chi connectivity index (χ4n) is 6.35. The van der Waals surface area contributed by atoms with Crippen LogP contribution in [0.2, 0.25) is 0 Å². The predicted molar refractivity (Wildman–Crippen MR) is 99.4 cm³/mol. The third-order valence-electron chi connectivity index (χ3n) is 7.35. The van der Waals surface area contributed by atoms with Crippen molar-refractivity contribution in [3.8, 4) is 11.5 Å². The molecule has 5 aliphatic rings. The largest absolute Gasteiger partial charge is 0.493 e. The molecule has 144 valence electrons. The molecule has 1 aromatic rings. The summed E-state index contributed by atoms with van der Waals surface area (Å²) >= 11 is 3.76. The van der Waals surface area contributed by atoms with Crippen molar-refractivity contribution in [3.05, 3.63) is 21.7 Å². The minimum absolute atomic E-state index is 0.0188. The van der Waals surface area contributed by atoms with Crippen molar-refractivity contribution in [2.45, 2.75) is 56.0 Å². The van der Waals surface area contributed by atoms with E-state index in [-0.39, 0.29) is 35.9 Å². The molecule has 0 aromatic heterocycles. The maximum Gasteiger partial charge on any atom is 0.410 e. The van der Waals surface area contributed by atoms with E-state index in [2.05, 4.69) is 15.9 Å². The second-order valence-corrected chi connectivity index (χ2v) is 9.07. The van der Waals surface area contributed by atoms with E-state index in [1.54, 1.807) is 7.11 Å². The number of rotatable bonds is 2. The number of piperidine rings is 1. The van der Waals surface area contributed by atoms with Crippen LogP contribution in [-0.4, -0.2) is 55.6 Å². The molecule has 6 atom stereocenters. The molecular formula is C20H22BrNO5. The minimum atomic E-state index is -0.194. The van der Waals surface area contributed by atoms with Crippen molar-refractivity contribution in [1.29, 1.82) is 0 Å². The van der Waals surface area contributed by atoms with Crippen LogP contribution in [0.4, 0.5) is 4.79 Å². The highest BCUT2D eigenvalue weighted by atomic mass is 79.9. The fraction of sp³-hybridized carbons (Fsp3) is 0.650. The van der Waals surface area contributed by atoms with Crippen LogP contribution in [0.25, 0.3) is 0 Å². The third kappa shape index (κ3) is 1.87. The Morgan fingerprint density at radius 2 is 2.33 bits per heavy atom. The van der Waals surface area contributed by atoms with E-state index in [1.807, 2.05) is 17.9 Å². The normalized spacial score (nSPS) is 39.2. The number of hydrogen-bond acceptors (Lipinski definition) is 5.